The van der Waals surface area contributed by atoms with E-state index in [9.17, 15) is 4.39 Å². The lowest BCUT2D eigenvalue weighted by atomic mass is 9.98. The zero-order valence-corrected chi connectivity index (χ0v) is 10.6. The molecule has 1 atom stereocenters. The molecule has 0 fully saturated rings. The van der Waals surface area contributed by atoms with Crippen LogP contribution in [0.4, 0.5) is 4.39 Å². The Labute approximate surface area is 104 Å². The third kappa shape index (κ3) is 2.39. The molecule has 2 rings (SSSR count). The molecule has 0 bridgehead atoms. The van der Waals surface area contributed by atoms with Crippen molar-refractivity contribution >= 4 is 11.3 Å². The predicted molar refractivity (Wildman–Crippen MR) is 69.4 cm³/mol. The normalized spacial score (nSPS) is 12.7. The number of hydrogen-bond acceptors (Lipinski definition) is 3. The monoisotopic (exact) mass is 250 g/mol. The number of benzene rings is 1. The van der Waals surface area contributed by atoms with Gasteiger partial charge in [-0.3, -0.25) is 5.84 Å². The van der Waals surface area contributed by atoms with Gasteiger partial charge in [-0.2, -0.15) is 0 Å². The smallest absolute Gasteiger partial charge is 0.128 e. The van der Waals surface area contributed by atoms with Crippen LogP contribution in [0.3, 0.4) is 0 Å². The van der Waals surface area contributed by atoms with Crippen LogP contribution in [0, 0.1) is 19.7 Å². The molecule has 17 heavy (non-hydrogen) atoms. The largest absolute Gasteiger partial charge is 0.271 e. The highest BCUT2D eigenvalue weighted by molar-refractivity contribution is 7.10. The number of hydrazine groups is 1. The van der Waals surface area contributed by atoms with Crippen molar-refractivity contribution in [2.75, 3.05) is 0 Å². The van der Waals surface area contributed by atoms with Crippen LogP contribution in [0.1, 0.15) is 27.6 Å². The fourth-order valence-corrected chi connectivity index (χ4v) is 2.85. The van der Waals surface area contributed by atoms with E-state index in [1.807, 2.05) is 37.4 Å². The minimum absolute atomic E-state index is 0.209. The molecule has 1 aromatic heterocycles. The predicted octanol–water partition coefficient (Wildman–Crippen LogP) is 3.06. The van der Waals surface area contributed by atoms with E-state index in [0.717, 1.165) is 16.0 Å². The Morgan fingerprint density at radius 1 is 1.35 bits per heavy atom. The van der Waals surface area contributed by atoms with Crippen molar-refractivity contribution in [3.05, 3.63) is 57.0 Å². The lowest BCUT2D eigenvalue weighted by molar-refractivity contribution is 0.560. The maximum Gasteiger partial charge on any atom is 0.128 e. The van der Waals surface area contributed by atoms with Crippen molar-refractivity contribution in [2.45, 2.75) is 19.9 Å². The molecule has 2 aromatic rings. The van der Waals surface area contributed by atoms with Crippen molar-refractivity contribution in [3.63, 3.8) is 0 Å². The molecule has 0 amide bonds. The molecule has 1 unspecified atom stereocenters. The molecule has 90 valence electrons. The van der Waals surface area contributed by atoms with E-state index in [4.69, 9.17) is 5.84 Å². The van der Waals surface area contributed by atoms with E-state index < -0.39 is 0 Å². The molecule has 4 heteroatoms. The van der Waals surface area contributed by atoms with Crippen LogP contribution >= 0.6 is 11.3 Å². The van der Waals surface area contributed by atoms with Crippen molar-refractivity contribution in [1.29, 1.82) is 0 Å². The Morgan fingerprint density at radius 2 is 2.12 bits per heavy atom. The quantitative estimate of drug-likeness (QED) is 0.649. The van der Waals surface area contributed by atoms with Crippen LogP contribution in [0.5, 0.6) is 0 Å². The van der Waals surface area contributed by atoms with Crippen LogP contribution in [0.2, 0.25) is 0 Å². The van der Waals surface area contributed by atoms with E-state index >= 15 is 0 Å². The minimum Gasteiger partial charge on any atom is -0.271 e. The van der Waals surface area contributed by atoms with Crippen molar-refractivity contribution in [1.82, 2.24) is 5.43 Å². The number of thiophene rings is 1. The highest BCUT2D eigenvalue weighted by atomic mass is 32.1. The second-order valence-electron chi connectivity index (χ2n) is 4.09. The van der Waals surface area contributed by atoms with Gasteiger partial charge in [0, 0.05) is 10.4 Å². The highest BCUT2D eigenvalue weighted by Gasteiger charge is 2.19. The summed E-state index contributed by atoms with van der Waals surface area (Å²) in [5, 5.41) is 1.96. The van der Waals surface area contributed by atoms with Crippen LogP contribution in [0.15, 0.2) is 29.6 Å². The first-order valence-electron chi connectivity index (χ1n) is 5.39. The molecule has 0 aliphatic heterocycles. The summed E-state index contributed by atoms with van der Waals surface area (Å²) in [6.07, 6.45) is 0. The number of halogens is 1. The molecule has 0 saturated carbocycles. The summed E-state index contributed by atoms with van der Waals surface area (Å²) in [5.41, 5.74) is 5.16. The van der Waals surface area contributed by atoms with E-state index in [1.54, 1.807) is 17.4 Å². The number of rotatable bonds is 3. The number of aryl methyl sites for hydroxylation is 2. The average Bonchev–Trinajstić information content (AvgIpc) is 2.76. The van der Waals surface area contributed by atoms with Crippen molar-refractivity contribution < 1.29 is 4.39 Å². The second kappa shape index (κ2) is 4.96. The lowest BCUT2D eigenvalue weighted by Crippen LogP contribution is -2.29. The third-order valence-corrected chi connectivity index (χ3v) is 3.70. The number of nitrogens with one attached hydrogen (secondary N) is 1. The first-order valence-corrected chi connectivity index (χ1v) is 6.27. The lowest BCUT2D eigenvalue weighted by Gasteiger charge is -2.18. The Hall–Kier alpha value is -1.23. The second-order valence-corrected chi connectivity index (χ2v) is 5.07. The topological polar surface area (TPSA) is 38.0 Å². The average molecular weight is 250 g/mol. The van der Waals surface area contributed by atoms with E-state index in [-0.39, 0.29) is 11.9 Å². The fourth-order valence-electron chi connectivity index (χ4n) is 2.06. The first kappa shape index (κ1) is 12.2. The van der Waals surface area contributed by atoms with Crippen molar-refractivity contribution in [2.24, 2.45) is 5.84 Å². The minimum atomic E-state index is -0.282. The molecular formula is C13H15FN2S. The summed E-state index contributed by atoms with van der Waals surface area (Å²) >= 11 is 1.56. The van der Waals surface area contributed by atoms with E-state index in [0.29, 0.717) is 5.56 Å². The van der Waals surface area contributed by atoms with Gasteiger partial charge in [0.15, 0.2) is 0 Å². The maximum atomic E-state index is 14.0. The highest BCUT2D eigenvalue weighted by Crippen LogP contribution is 2.30. The molecule has 0 spiro atoms. The van der Waals surface area contributed by atoms with Gasteiger partial charge in [0.1, 0.15) is 5.82 Å². The van der Waals surface area contributed by atoms with Gasteiger partial charge in [-0.15, -0.1) is 11.3 Å². The molecule has 0 radical (unpaired) electrons. The van der Waals surface area contributed by atoms with E-state index in [1.165, 1.54) is 0 Å². The maximum absolute atomic E-state index is 14.0. The Morgan fingerprint density at radius 3 is 2.65 bits per heavy atom. The number of hydrogen-bond donors (Lipinski definition) is 2. The molecular weight excluding hydrogens is 235 g/mol. The summed E-state index contributed by atoms with van der Waals surface area (Å²) in [6.45, 7) is 3.79. The Balaban J connectivity index is 2.52. The van der Waals surface area contributed by atoms with Crippen LogP contribution in [0.25, 0.3) is 0 Å². The summed E-state index contributed by atoms with van der Waals surface area (Å²) in [5.74, 6) is 5.35. The van der Waals surface area contributed by atoms with Gasteiger partial charge < -0.3 is 0 Å². The van der Waals surface area contributed by atoms with Crippen LogP contribution in [-0.4, -0.2) is 0 Å². The van der Waals surface area contributed by atoms with Crippen LogP contribution in [-0.2, 0) is 0 Å². The Kier molecular flexibility index (Phi) is 3.57. The molecule has 0 aliphatic carbocycles. The first-order chi connectivity index (χ1) is 8.13. The standard InChI is InChI=1S/C13H15FN2S/c1-8-6-9(2)12(10(14)7-8)13(16-15)11-4-3-5-17-11/h3-7,13,16H,15H2,1-2H3. The van der Waals surface area contributed by atoms with Gasteiger partial charge in [-0.05, 0) is 42.5 Å². The molecule has 1 heterocycles. The van der Waals surface area contributed by atoms with Gasteiger partial charge in [0.05, 0.1) is 6.04 Å². The Bertz CT molecular complexity index is 485. The molecule has 1 aromatic carbocycles. The van der Waals surface area contributed by atoms with E-state index in [2.05, 4.69) is 5.43 Å². The summed E-state index contributed by atoms with van der Waals surface area (Å²) < 4.78 is 14.0. The van der Waals surface area contributed by atoms with Gasteiger partial charge in [0.2, 0.25) is 0 Å². The van der Waals surface area contributed by atoms with Crippen molar-refractivity contribution in [3.8, 4) is 0 Å². The zero-order valence-electron chi connectivity index (χ0n) is 9.83. The summed E-state index contributed by atoms with van der Waals surface area (Å²) in [7, 11) is 0. The third-order valence-electron chi connectivity index (χ3n) is 2.76. The fraction of sp³-hybridized carbons (Fsp3) is 0.231. The summed E-state index contributed by atoms with van der Waals surface area (Å²) in [6, 6.07) is 7.12. The van der Waals surface area contributed by atoms with Gasteiger partial charge in [-0.25, -0.2) is 9.82 Å². The SMILES string of the molecule is Cc1cc(C)c(C(NN)c2cccs2)c(F)c1. The van der Waals surface area contributed by atoms with Gasteiger partial charge >= 0.3 is 0 Å². The number of nitrogens with two attached hydrogens (primary N) is 1. The van der Waals surface area contributed by atoms with Gasteiger partial charge in [-0.1, -0.05) is 12.1 Å². The van der Waals surface area contributed by atoms with Crippen LogP contribution < -0.4 is 11.3 Å². The molecule has 2 nitrogen and oxygen atoms in total. The molecule has 0 saturated heterocycles. The zero-order chi connectivity index (χ0) is 12.4. The molecule has 3 N–H and O–H groups in total. The van der Waals surface area contributed by atoms with Gasteiger partial charge in [0.25, 0.3) is 0 Å². The molecule has 0 aliphatic rings. The summed E-state index contributed by atoms with van der Waals surface area (Å²) in [4.78, 5) is 1.01.